The molecule has 160 valence electrons. The van der Waals surface area contributed by atoms with Gasteiger partial charge in [-0.05, 0) is 70.0 Å². The highest BCUT2D eigenvalue weighted by atomic mass is 16.5. The van der Waals surface area contributed by atoms with Crippen LogP contribution in [0.1, 0.15) is 58.4 Å². The van der Waals surface area contributed by atoms with Crippen molar-refractivity contribution in [2.75, 3.05) is 27.8 Å². The summed E-state index contributed by atoms with van der Waals surface area (Å²) in [6, 6.07) is 6.46. The summed E-state index contributed by atoms with van der Waals surface area (Å²) in [6.45, 7) is 7.10. The van der Waals surface area contributed by atoms with E-state index in [1.54, 1.807) is 14.2 Å². The number of likely N-dealkylation sites (N-methyl/N-ethyl adjacent to an activating group) is 1. The predicted octanol–water partition coefficient (Wildman–Crippen LogP) is 4.69. The Morgan fingerprint density at radius 3 is 2.48 bits per heavy atom. The smallest absolute Gasteiger partial charge is 0.316 e. The Bertz CT molecular complexity index is 783. The molecule has 0 amide bonds. The second-order valence-electron chi connectivity index (χ2n) is 8.69. The molecule has 0 N–H and O–H groups in total. The van der Waals surface area contributed by atoms with E-state index in [0.717, 1.165) is 55.9 Å². The van der Waals surface area contributed by atoms with E-state index in [0.29, 0.717) is 0 Å². The molecule has 29 heavy (non-hydrogen) atoms. The van der Waals surface area contributed by atoms with Crippen LogP contribution in [0, 0.1) is 5.41 Å². The molecule has 1 aromatic rings. The molecular weight excluding hydrogens is 366 g/mol. The summed E-state index contributed by atoms with van der Waals surface area (Å²) in [5, 5.41) is 0. The first-order valence-corrected chi connectivity index (χ1v) is 10.7. The number of carbonyl (C=O) groups is 1. The van der Waals surface area contributed by atoms with Crippen LogP contribution in [0.2, 0.25) is 0 Å². The van der Waals surface area contributed by atoms with Gasteiger partial charge in [0.2, 0.25) is 0 Å². The molecule has 0 saturated carbocycles. The number of hydrogen-bond donors (Lipinski definition) is 0. The van der Waals surface area contributed by atoms with Gasteiger partial charge in [-0.2, -0.15) is 0 Å². The molecule has 2 unspecified atom stereocenters. The van der Waals surface area contributed by atoms with Gasteiger partial charge in [0.25, 0.3) is 0 Å². The van der Waals surface area contributed by atoms with Crippen LogP contribution in [-0.4, -0.2) is 44.7 Å². The molecule has 1 aliphatic carbocycles. The minimum atomic E-state index is -0.416. The fraction of sp³-hybridized carbons (Fsp3) is 0.625. The third-order valence-electron chi connectivity index (χ3n) is 7.35. The number of nitrogens with zero attached hydrogens (tertiary/aromatic N) is 1. The van der Waals surface area contributed by atoms with Gasteiger partial charge in [0.1, 0.15) is 5.76 Å². The van der Waals surface area contributed by atoms with Crippen LogP contribution in [0.4, 0.5) is 0 Å². The van der Waals surface area contributed by atoms with E-state index in [-0.39, 0.29) is 17.4 Å². The SMILES string of the molecule is CCC(C)(CC)C(=O)OC1=CC2N(C)CCC2(c2ccc(OC)c(OC)c2)CC1. The number of allylic oxidation sites excluding steroid dienone is 1. The summed E-state index contributed by atoms with van der Waals surface area (Å²) in [7, 11) is 5.48. The molecule has 1 aliphatic heterocycles. The minimum absolute atomic E-state index is 0.00300. The van der Waals surface area contributed by atoms with Gasteiger partial charge < -0.3 is 14.2 Å². The summed E-state index contributed by atoms with van der Waals surface area (Å²) in [6.07, 6.45) is 6.54. The monoisotopic (exact) mass is 401 g/mol. The Morgan fingerprint density at radius 1 is 1.17 bits per heavy atom. The number of fused-ring (bicyclic) bond motifs is 1. The lowest BCUT2D eigenvalue weighted by atomic mass is 9.68. The Kier molecular flexibility index (Phi) is 6.27. The maximum absolute atomic E-state index is 12.8. The van der Waals surface area contributed by atoms with Crippen molar-refractivity contribution in [2.45, 2.75) is 64.3 Å². The average molecular weight is 402 g/mol. The molecule has 0 radical (unpaired) electrons. The van der Waals surface area contributed by atoms with Gasteiger partial charge >= 0.3 is 5.97 Å². The van der Waals surface area contributed by atoms with Gasteiger partial charge in [0.15, 0.2) is 11.5 Å². The van der Waals surface area contributed by atoms with E-state index in [1.165, 1.54) is 5.56 Å². The number of likely N-dealkylation sites (tertiary alicyclic amines) is 1. The lowest BCUT2D eigenvalue weighted by molar-refractivity contribution is -0.151. The van der Waals surface area contributed by atoms with Crippen LogP contribution in [0.25, 0.3) is 0 Å². The van der Waals surface area contributed by atoms with Crippen LogP contribution in [0.15, 0.2) is 30.0 Å². The van der Waals surface area contributed by atoms with Gasteiger partial charge in [-0.15, -0.1) is 0 Å². The number of ether oxygens (including phenoxy) is 3. The molecule has 2 atom stereocenters. The summed E-state index contributed by atoms with van der Waals surface area (Å²) >= 11 is 0. The van der Waals surface area contributed by atoms with Crippen molar-refractivity contribution in [2.24, 2.45) is 5.41 Å². The van der Waals surface area contributed by atoms with Gasteiger partial charge in [0.05, 0.1) is 19.6 Å². The third-order valence-corrected chi connectivity index (χ3v) is 7.35. The molecule has 1 fully saturated rings. The van der Waals surface area contributed by atoms with Gasteiger partial charge in [-0.3, -0.25) is 9.69 Å². The van der Waals surface area contributed by atoms with Crippen molar-refractivity contribution >= 4 is 5.97 Å². The van der Waals surface area contributed by atoms with E-state index in [1.807, 2.05) is 26.8 Å². The lowest BCUT2D eigenvalue weighted by Crippen LogP contribution is -2.43. The summed E-state index contributed by atoms with van der Waals surface area (Å²) in [4.78, 5) is 15.1. The average Bonchev–Trinajstić information content (AvgIpc) is 3.09. The highest BCUT2D eigenvalue weighted by Crippen LogP contribution is 2.49. The standard InChI is InChI=1S/C24H35NO4/c1-7-23(3,8-2)22(26)29-18-11-12-24(13-14-25(4)21(24)16-18)17-9-10-19(27-5)20(15-17)28-6/h9-10,15-16,21H,7-8,11-14H2,1-6H3. The van der Waals surface area contributed by atoms with E-state index in [9.17, 15) is 4.79 Å². The molecule has 5 nitrogen and oxygen atoms in total. The van der Waals surface area contributed by atoms with Crippen LogP contribution in [-0.2, 0) is 14.9 Å². The Hall–Kier alpha value is -2.01. The number of rotatable bonds is 7. The predicted molar refractivity (Wildman–Crippen MR) is 114 cm³/mol. The van der Waals surface area contributed by atoms with Gasteiger partial charge in [-0.25, -0.2) is 0 Å². The first-order chi connectivity index (χ1) is 13.8. The molecule has 2 aliphatic rings. The fourth-order valence-electron chi connectivity index (χ4n) is 4.72. The van der Waals surface area contributed by atoms with Gasteiger partial charge in [0, 0.05) is 17.9 Å². The molecule has 1 saturated heterocycles. The molecule has 1 aromatic carbocycles. The van der Waals surface area contributed by atoms with E-state index >= 15 is 0 Å². The second kappa shape index (κ2) is 8.39. The van der Waals surface area contributed by atoms with E-state index < -0.39 is 5.41 Å². The molecule has 3 rings (SSSR count). The molecule has 0 bridgehead atoms. The fourth-order valence-corrected chi connectivity index (χ4v) is 4.72. The largest absolute Gasteiger partial charge is 0.493 e. The zero-order chi connectivity index (χ0) is 21.2. The number of benzene rings is 1. The summed E-state index contributed by atoms with van der Waals surface area (Å²) in [5.74, 6) is 2.22. The van der Waals surface area contributed by atoms with Crippen molar-refractivity contribution in [3.63, 3.8) is 0 Å². The Labute approximate surface area is 175 Å². The van der Waals surface area contributed by atoms with Crippen molar-refractivity contribution < 1.29 is 19.0 Å². The van der Waals surface area contributed by atoms with Crippen molar-refractivity contribution in [3.8, 4) is 11.5 Å². The quantitative estimate of drug-likeness (QED) is 0.620. The molecule has 1 heterocycles. The molecular formula is C24H35NO4. The summed E-state index contributed by atoms with van der Waals surface area (Å²) in [5.41, 5.74) is 0.849. The van der Waals surface area contributed by atoms with Crippen LogP contribution in [0.5, 0.6) is 11.5 Å². The zero-order valence-electron chi connectivity index (χ0n) is 18.7. The van der Waals surface area contributed by atoms with E-state index in [4.69, 9.17) is 14.2 Å². The van der Waals surface area contributed by atoms with Gasteiger partial charge in [-0.1, -0.05) is 19.9 Å². The maximum atomic E-state index is 12.8. The lowest BCUT2D eigenvalue weighted by Gasteiger charge is -2.40. The third kappa shape index (κ3) is 3.77. The number of carbonyl (C=O) groups excluding carboxylic acids is 1. The normalized spacial score (nSPS) is 24.6. The number of methoxy groups -OCH3 is 2. The van der Waals surface area contributed by atoms with Crippen molar-refractivity contribution in [1.29, 1.82) is 0 Å². The molecule has 0 spiro atoms. The first kappa shape index (κ1) is 21.7. The maximum Gasteiger partial charge on any atom is 0.316 e. The highest BCUT2D eigenvalue weighted by Gasteiger charge is 2.49. The first-order valence-electron chi connectivity index (χ1n) is 10.7. The zero-order valence-corrected chi connectivity index (χ0v) is 18.7. The highest BCUT2D eigenvalue weighted by molar-refractivity contribution is 5.77. The van der Waals surface area contributed by atoms with Crippen LogP contribution >= 0.6 is 0 Å². The van der Waals surface area contributed by atoms with Crippen molar-refractivity contribution in [3.05, 3.63) is 35.6 Å². The minimum Gasteiger partial charge on any atom is -0.493 e. The molecule has 5 heteroatoms. The summed E-state index contributed by atoms with van der Waals surface area (Å²) < 4.78 is 16.9. The van der Waals surface area contributed by atoms with Crippen LogP contribution < -0.4 is 9.47 Å². The number of hydrogen-bond acceptors (Lipinski definition) is 5. The number of esters is 1. The Morgan fingerprint density at radius 2 is 1.86 bits per heavy atom. The molecule has 0 aromatic heterocycles. The Balaban J connectivity index is 1.90. The van der Waals surface area contributed by atoms with Crippen LogP contribution in [0.3, 0.4) is 0 Å². The van der Waals surface area contributed by atoms with Crippen molar-refractivity contribution in [1.82, 2.24) is 4.90 Å². The topological polar surface area (TPSA) is 48.0 Å². The second-order valence-corrected chi connectivity index (χ2v) is 8.69. The van der Waals surface area contributed by atoms with E-state index in [2.05, 4.69) is 30.2 Å².